The number of carbonyl (C=O) groups excluding carboxylic acids is 2. The van der Waals surface area contributed by atoms with Crippen LogP contribution in [0.4, 0.5) is 0 Å². The summed E-state index contributed by atoms with van der Waals surface area (Å²) in [6.45, 7) is 4.10. The lowest BCUT2D eigenvalue weighted by Gasteiger charge is -2.37. The second-order valence-electron chi connectivity index (χ2n) is 8.84. The number of benzene rings is 3. The highest BCUT2D eigenvalue weighted by Crippen LogP contribution is 2.48. The van der Waals surface area contributed by atoms with Crippen LogP contribution in [0.3, 0.4) is 0 Å². The van der Waals surface area contributed by atoms with Crippen LogP contribution in [-0.2, 0) is 14.3 Å². The third-order valence-corrected chi connectivity index (χ3v) is 7.62. The highest BCUT2D eigenvalue weighted by Gasteiger charge is 2.40. The Morgan fingerprint density at radius 3 is 1.52 bits per heavy atom. The van der Waals surface area contributed by atoms with Gasteiger partial charge in [0.15, 0.2) is 0 Å². The van der Waals surface area contributed by atoms with Crippen molar-refractivity contribution in [2.24, 2.45) is 5.92 Å². The highest BCUT2D eigenvalue weighted by molar-refractivity contribution is 8.00. The Labute approximate surface area is 200 Å². The van der Waals surface area contributed by atoms with Crippen LogP contribution in [0.1, 0.15) is 37.0 Å². The van der Waals surface area contributed by atoms with Crippen LogP contribution in [0.5, 0.6) is 0 Å². The first-order valence-electron chi connectivity index (χ1n) is 11.4. The lowest BCUT2D eigenvalue weighted by atomic mass is 9.84. The van der Waals surface area contributed by atoms with Crippen molar-refractivity contribution in [3.05, 3.63) is 108 Å². The fraction of sp³-hybridized carbons (Fsp3) is 0.286. The van der Waals surface area contributed by atoms with E-state index in [1.807, 2.05) is 54.6 Å². The van der Waals surface area contributed by atoms with Gasteiger partial charge in [-0.2, -0.15) is 0 Å². The van der Waals surface area contributed by atoms with E-state index in [0.717, 1.165) is 16.7 Å². The molecule has 3 aromatic carbocycles. The molecule has 0 saturated carbocycles. The quantitative estimate of drug-likeness (QED) is 0.480. The van der Waals surface area contributed by atoms with Crippen LogP contribution in [0.2, 0.25) is 0 Å². The van der Waals surface area contributed by atoms with E-state index < -0.39 is 16.8 Å². The first kappa shape index (κ1) is 23.1. The van der Waals surface area contributed by atoms with Gasteiger partial charge in [0.25, 0.3) is 0 Å². The lowest BCUT2D eigenvalue weighted by Crippen LogP contribution is -2.62. The van der Waals surface area contributed by atoms with Gasteiger partial charge >= 0.3 is 0 Å². The minimum Gasteiger partial charge on any atom is -0.342 e. The Balaban J connectivity index is 1.70. The molecule has 1 aliphatic rings. The molecular weight excluding hydrogens is 428 g/mol. The molecule has 1 aliphatic heterocycles. The monoisotopic (exact) mass is 458 g/mol. The molecule has 1 fully saturated rings. The Hall–Kier alpha value is -3.05. The Kier molecular flexibility index (Phi) is 7.19. The van der Waals surface area contributed by atoms with Gasteiger partial charge in [-0.15, -0.1) is 11.8 Å². The second kappa shape index (κ2) is 10.3. The van der Waals surface area contributed by atoms with Gasteiger partial charge in [0.05, 0.1) is 4.75 Å². The van der Waals surface area contributed by atoms with Crippen LogP contribution in [0.15, 0.2) is 91.0 Å². The van der Waals surface area contributed by atoms with Gasteiger partial charge in [-0.25, -0.2) is 0 Å². The molecule has 0 aromatic heterocycles. The fourth-order valence-corrected chi connectivity index (χ4v) is 5.97. The molecule has 170 valence electrons. The number of nitrogens with one attached hydrogen (secondary N) is 2. The average Bonchev–Trinajstić information content (AvgIpc) is 2.84. The zero-order valence-corrected chi connectivity index (χ0v) is 19.8. The molecular formula is C28H30N2O2S. The predicted molar refractivity (Wildman–Crippen MR) is 135 cm³/mol. The normalized spacial score (nSPS) is 18.6. The lowest BCUT2D eigenvalue weighted by molar-refractivity contribution is -0.136. The summed E-state index contributed by atoms with van der Waals surface area (Å²) in [5, 5.41) is 5.92. The van der Waals surface area contributed by atoms with E-state index in [9.17, 15) is 9.59 Å². The first-order valence-corrected chi connectivity index (χ1v) is 12.4. The molecule has 2 N–H and O–H groups in total. The van der Waals surface area contributed by atoms with Gasteiger partial charge in [0, 0.05) is 5.75 Å². The Morgan fingerprint density at radius 1 is 0.697 bits per heavy atom. The van der Waals surface area contributed by atoms with E-state index in [4.69, 9.17) is 0 Å². The van der Waals surface area contributed by atoms with E-state index in [1.165, 1.54) is 0 Å². The number of hydrogen-bond acceptors (Lipinski definition) is 3. The number of thioether (sulfide) groups is 1. The molecule has 0 radical (unpaired) electrons. The molecule has 2 unspecified atom stereocenters. The Morgan fingerprint density at radius 2 is 1.09 bits per heavy atom. The largest absolute Gasteiger partial charge is 0.342 e. The fourth-order valence-electron chi connectivity index (χ4n) is 4.41. The molecule has 5 heteroatoms. The molecule has 1 heterocycles. The molecule has 33 heavy (non-hydrogen) atoms. The number of carbonyl (C=O) groups is 2. The van der Waals surface area contributed by atoms with Crippen molar-refractivity contribution in [2.75, 3.05) is 5.75 Å². The molecule has 1 saturated heterocycles. The summed E-state index contributed by atoms with van der Waals surface area (Å²) in [6, 6.07) is 30.0. The standard InChI is InChI=1S/C28H30N2O2S/c1-20(2)18-24-26(31)30-25(27(32)29-24)19-33-28(21-12-6-3-7-13-21,22-14-8-4-9-15-22)23-16-10-5-11-17-23/h3-17,20,24-25H,18-19H2,1-2H3,(H,29,32)(H,30,31). The molecule has 2 amide bonds. The number of hydrogen-bond donors (Lipinski definition) is 2. The van der Waals surface area contributed by atoms with Crippen molar-refractivity contribution >= 4 is 23.6 Å². The molecule has 0 bridgehead atoms. The second-order valence-corrected chi connectivity index (χ2v) is 10.1. The van der Waals surface area contributed by atoms with Gasteiger partial charge in [0.1, 0.15) is 12.1 Å². The molecule has 4 nitrogen and oxygen atoms in total. The summed E-state index contributed by atoms with van der Waals surface area (Å²) < 4.78 is -0.524. The maximum Gasteiger partial charge on any atom is 0.244 e. The minimum absolute atomic E-state index is 0.0985. The minimum atomic E-state index is -0.582. The van der Waals surface area contributed by atoms with Crippen molar-refractivity contribution in [3.63, 3.8) is 0 Å². The third-order valence-electron chi connectivity index (χ3n) is 5.98. The predicted octanol–water partition coefficient (Wildman–Crippen LogP) is 4.74. The number of amides is 2. The van der Waals surface area contributed by atoms with Gasteiger partial charge < -0.3 is 10.6 Å². The Bertz CT molecular complexity index is 974. The van der Waals surface area contributed by atoms with Crippen molar-refractivity contribution in [2.45, 2.75) is 37.1 Å². The van der Waals surface area contributed by atoms with E-state index in [-0.39, 0.29) is 11.8 Å². The van der Waals surface area contributed by atoms with Crippen molar-refractivity contribution < 1.29 is 9.59 Å². The zero-order valence-electron chi connectivity index (χ0n) is 19.0. The van der Waals surface area contributed by atoms with E-state index in [2.05, 4.69) is 60.9 Å². The first-order chi connectivity index (χ1) is 16.0. The molecule has 4 rings (SSSR count). The van der Waals surface area contributed by atoms with Crippen LogP contribution < -0.4 is 10.6 Å². The molecule has 0 spiro atoms. The van der Waals surface area contributed by atoms with E-state index in [1.54, 1.807) is 11.8 Å². The van der Waals surface area contributed by atoms with Crippen LogP contribution in [0, 0.1) is 5.92 Å². The summed E-state index contributed by atoms with van der Waals surface area (Å²) in [7, 11) is 0. The van der Waals surface area contributed by atoms with E-state index in [0.29, 0.717) is 18.1 Å². The van der Waals surface area contributed by atoms with Crippen molar-refractivity contribution in [1.82, 2.24) is 10.6 Å². The summed E-state index contributed by atoms with van der Waals surface area (Å²) in [5.74, 6) is 0.563. The van der Waals surface area contributed by atoms with Crippen LogP contribution >= 0.6 is 11.8 Å². The number of rotatable bonds is 8. The maximum absolute atomic E-state index is 12.9. The SMILES string of the molecule is CC(C)CC1NC(=O)C(CSC(c2ccccc2)(c2ccccc2)c2ccccc2)NC1=O. The molecule has 0 aliphatic carbocycles. The zero-order chi connectivity index (χ0) is 23.3. The number of piperazine rings is 1. The van der Waals surface area contributed by atoms with Crippen LogP contribution in [-0.4, -0.2) is 29.7 Å². The van der Waals surface area contributed by atoms with Crippen molar-refractivity contribution in [3.8, 4) is 0 Å². The van der Waals surface area contributed by atoms with Crippen LogP contribution in [0.25, 0.3) is 0 Å². The van der Waals surface area contributed by atoms with Gasteiger partial charge in [-0.05, 0) is 29.0 Å². The summed E-state index contributed by atoms with van der Waals surface area (Å²) in [5.41, 5.74) is 3.40. The maximum atomic E-state index is 12.9. The summed E-state index contributed by atoms with van der Waals surface area (Å²) in [4.78, 5) is 25.6. The smallest absolute Gasteiger partial charge is 0.244 e. The summed E-state index contributed by atoms with van der Waals surface area (Å²) in [6.07, 6.45) is 0.638. The van der Waals surface area contributed by atoms with Gasteiger partial charge in [-0.3, -0.25) is 9.59 Å². The van der Waals surface area contributed by atoms with E-state index >= 15 is 0 Å². The third kappa shape index (κ3) is 4.98. The topological polar surface area (TPSA) is 58.2 Å². The summed E-state index contributed by atoms with van der Waals surface area (Å²) >= 11 is 1.68. The highest BCUT2D eigenvalue weighted by atomic mass is 32.2. The average molecular weight is 459 g/mol. The van der Waals surface area contributed by atoms with Gasteiger partial charge in [-0.1, -0.05) is 105 Å². The molecule has 2 atom stereocenters. The van der Waals surface area contributed by atoms with Crippen molar-refractivity contribution in [1.29, 1.82) is 0 Å². The molecule has 3 aromatic rings. The van der Waals surface area contributed by atoms with Gasteiger partial charge in [0.2, 0.25) is 11.8 Å².